The number of carboxylic acid groups (broad SMARTS) is 1. The van der Waals surface area contributed by atoms with Gasteiger partial charge in [0.15, 0.2) is 0 Å². The summed E-state index contributed by atoms with van der Waals surface area (Å²) in [6.07, 6.45) is 4.57. The summed E-state index contributed by atoms with van der Waals surface area (Å²) in [6, 6.07) is -0.722. The first-order chi connectivity index (χ1) is 13.4. The van der Waals surface area contributed by atoms with Crippen LogP contribution in [0, 0.1) is 5.92 Å². The number of carbonyl (C=O) groups is 4. The highest BCUT2D eigenvalue weighted by Gasteiger charge is 2.54. The maximum Gasteiger partial charge on any atom is 0.352 e. The van der Waals surface area contributed by atoms with Crippen molar-refractivity contribution in [2.75, 3.05) is 24.2 Å². The van der Waals surface area contributed by atoms with Crippen molar-refractivity contribution in [2.24, 2.45) is 5.92 Å². The van der Waals surface area contributed by atoms with Gasteiger partial charge in [-0.3, -0.25) is 19.3 Å². The molecule has 10 heteroatoms. The fourth-order valence-corrected chi connectivity index (χ4v) is 5.23. The van der Waals surface area contributed by atoms with E-state index >= 15 is 0 Å². The van der Waals surface area contributed by atoms with Crippen LogP contribution >= 0.6 is 27.7 Å². The lowest BCUT2D eigenvalue weighted by atomic mass is 10.0. The van der Waals surface area contributed by atoms with Crippen LogP contribution < -0.4 is 5.32 Å². The molecular weight excluding hydrogens is 450 g/mol. The first-order valence-corrected chi connectivity index (χ1v) is 11.3. The number of halogens is 1. The molecule has 4 rings (SSSR count). The SMILES string of the molecule is O=C(CBr)N[C@@H]1C(=O)N2C(C(=O)O)=C(/C=C3\CCN(CC4CC4)C3=O)CS[C@H]12. The molecule has 4 aliphatic rings. The van der Waals surface area contributed by atoms with Crippen molar-refractivity contribution in [3.63, 3.8) is 0 Å². The molecule has 2 N–H and O–H groups in total. The van der Waals surface area contributed by atoms with Gasteiger partial charge in [-0.15, -0.1) is 11.8 Å². The normalized spacial score (nSPS) is 28.5. The highest BCUT2D eigenvalue weighted by Crippen LogP contribution is 2.41. The number of thioether (sulfide) groups is 1. The highest BCUT2D eigenvalue weighted by atomic mass is 79.9. The third kappa shape index (κ3) is 3.47. The number of alkyl halides is 1. The van der Waals surface area contributed by atoms with Gasteiger partial charge >= 0.3 is 5.97 Å². The average Bonchev–Trinajstić information content (AvgIpc) is 3.44. The minimum absolute atomic E-state index is 0.0336. The first kappa shape index (κ1) is 19.5. The predicted octanol–water partition coefficient (Wildman–Crippen LogP) is 0.689. The maximum absolute atomic E-state index is 12.6. The Hall–Kier alpha value is -1.81. The zero-order valence-electron chi connectivity index (χ0n) is 15.0. The van der Waals surface area contributed by atoms with Crippen LogP contribution in [-0.4, -0.2) is 74.2 Å². The van der Waals surface area contributed by atoms with Crippen LogP contribution in [0.4, 0.5) is 0 Å². The molecule has 3 heterocycles. The number of allylic oxidation sites excluding steroid dienone is 1. The third-order valence-corrected chi connectivity index (χ3v) is 7.19. The minimum Gasteiger partial charge on any atom is -0.477 e. The number of amides is 3. The topological polar surface area (TPSA) is 107 Å². The summed E-state index contributed by atoms with van der Waals surface area (Å²) in [7, 11) is 0. The summed E-state index contributed by atoms with van der Waals surface area (Å²) in [6.45, 7) is 1.44. The Bertz CT molecular complexity index is 822. The number of rotatable bonds is 6. The summed E-state index contributed by atoms with van der Waals surface area (Å²) in [4.78, 5) is 51.6. The lowest BCUT2D eigenvalue weighted by Crippen LogP contribution is -2.70. The van der Waals surface area contributed by atoms with Crippen LogP contribution in [0.15, 0.2) is 22.9 Å². The molecule has 0 aromatic heterocycles. The van der Waals surface area contributed by atoms with Gasteiger partial charge in [0.25, 0.3) is 5.91 Å². The van der Waals surface area contributed by atoms with Gasteiger partial charge in [-0.1, -0.05) is 15.9 Å². The quantitative estimate of drug-likeness (QED) is 0.336. The Morgan fingerprint density at radius 1 is 1.32 bits per heavy atom. The molecule has 3 fully saturated rings. The number of carboxylic acids is 1. The van der Waals surface area contributed by atoms with Gasteiger partial charge < -0.3 is 15.3 Å². The van der Waals surface area contributed by atoms with Crippen molar-refractivity contribution < 1.29 is 24.3 Å². The van der Waals surface area contributed by atoms with Gasteiger partial charge in [0.1, 0.15) is 17.1 Å². The van der Waals surface area contributed by atoms with Crippen LogP contribution in [0.25, 0.3) is 0 Å². The minimum atomic E-state index is -1.20. The van der Waals surface area contributed by atoms with Crippen molar-refractivity contribution in [1.82, 2.24) is 15.1 Å². The van der Waals surface area contributed by atoms with E-state index in [-0.39, 0.29) is 22.8 Å². The molecule has 0 aromatic rings. The summed E-state index contributed by atoms with van der Waals surface area (Å²) in [5.41, 5.74) is 0.994. The van der Waals surface area contributed by atoms with Crippen molar-refractivity contribution in [1.29, 1.82) is 0 Å². The fourth-order valence-electron chi connectivity index (χ4n) is 3.76. The molecule has 150 valence electrons. The van der Waals surface area contributed by atoms with Crippen LogP contribution in [0.1, 0.15) is 19.3 Å². The Balaban J connectivity index is 1.55. The van der Waals surface area contributed by atoms with Crippen LogP contribution in [-0.2, 0) is 19.2 Å². The highest BCUT2D eigenvalue weighted by molar-refractivity contribution is 9.09. The van der Waals surface area contributed by atoms with Gasteiger partial charge in [0.2, 0.25) is 11.8 Å². The second-order valence-corrected chi connectivity index (χ2v) is 9.05. The molecule has 8 nitrogen and oxygen atoms in total. The van der Waals surface area contributed by atoms with E-state index in [0.29, 0.717) is 35.8 Å². The summed E-state index contributed by atoms with van der Waals surface area (Å²) in [5.74, 6) is -1.01. The van der Waals surface area contributed by atoms with Gasteiger partial charge in [-0.25, -0.2) is 4.79 Å². The number of hydrogen-bond acceptors (Lipinski definition) is 5. The lowest BCUT2D eigenvalue weighted by molar-refractivity contribution is -0.150. The summed E-state index contributed by atoms with van der Waals surface area (Å²) >= 11 is 4.43. The third-order valence-electron chi connectivity index (χ3n) is 5.38. The predicted molar refractivity (Wildman–Crippen MR) is 105 cm³/mol. The van der Waals surface area contributed by atoms with Gasteiger partial charge in [0.05, 0.1) is 5.33 Å². The number of β-lactam (4-membered cyclic amide) rings is 1. The molecule has 1 aliphatic carbocycles. The standard InChI is InChI=1S/C18H20BrN3O5S/c19-6-12(23)20-13-16(25)22-14(18(26)27)11(8-28-17(13)22)5-10-3-4-21(15(10)24)7-9-1-2-9/h5,9,13,17H,1-4,6-8H2,(H,20,23)(H,26,27)/b10-5+/t13-,17-/m1/s1. The Morgan fingerprint density at radius 2 is 2.07 bits per heavy atom. The van der Waals surface area contributed by atoms with E-state index in [0.717, 1.165) is 6.54 Å². The molecule has 0 aromatic carbocycles. The van der Waals surface area contributed by atoms with E-state index in [9.17, 15) is 24.3 Å². The van der Waals surface area contributed by atoms with Crippen LogP contribution in [0.3, 0.4) is 0 Å². The van der Waals surface area contributed by atoms with Crippen molar-refractivity contribution >= 4 is 51.4 Å². The molecule has 1 saturated carbocycles. The Morgan fingerprint density at radius 3 is 2.71 bits per heavy atom. The van der Waals surface area contributed by atoms with Gasteiger partial charge in [-0.2, -0.15) is 0 Å². The van der Waals surface area contributed by atoms with Crippen molar-refractivity contribution in [3.05, 3.63) is 22.9 Å². The van der Waals surface area contributed by atoms with E-state index in [1.54, 1.807) is 6.08 Å². The molecule has 3 amide bonds. The molecule has 0 unspecified atom stereocenters. The fraction of sp³-hybridized carbons (Fsp3) is 0.556. The van der Waals surface area contributed by atoms with Crippen LogP contribution in [0.5, 0.6) is 0 Å². The second kappa shape index (κ2) is 7.55. The molecule has 28 heavy (non-hydrogen) atoms. The lowest BCUT2D eigenvalue weighted by Gasteiger charge is -2.49. The molecule has 3 aliphatic heterocycles. The molecule has 2 atom stereocenters. The molecule has 0 spiro atoms. The number of nitrogens with one attached hydrogen (secondary N) is 1. The van der Waals surface area contributed by atoms with Crippen molar-refractivity contribution in [3.8, 4) is 0 Å². The molecule has 0 bridgehead atoms. The second-order valence-electron chi connectivity index (χ2n) is 7.38. The molecule has 2 saturated heterocycles. The number of aliphatic carboxylic acids is 1. The van der Waals surface area contributed by atoms with E-state index in [1.807, 2.05) is 4.90 Å². The zero-order valence-corrected chi connectivity index (χ0v) is 17.4. The van der Waals surface area contributed by atoms with Gasteiger partial charge in [0, 0.05) is 24.4 Å². The van der Waals surface area contributed by atoms with Crippen LogP contribution in [0.2, 0.25) is 0 Å². The smallest absolute Gasteiger partial charge is 0.352 e. The maximum atomic E-state index is 12.6. The van der Waals surface area contributed by atoms with E-state index in [4.69, 9.17) is 0 Å². The largest absolute Gasteiger partial charge is 0.477 e. The summed E-state index contributed by atoms with van der Waals surface area (Å²) in [5, 5.41) is 12.0. The number of nitrogens with zero attached hydrogens (tertiary/aromatic N) is 2. The monoisotopic (exact) mass is 469 g/mol. The first-order valence-electron chi connectivity index (χ1n) is 9.17. The van der Waals surface area contributed by atoms with Gasteiger partial charge in [-0.05, 0) is 36.8 Å². The van der Waals surface area contributed by atoms with E-state index in [2.05, 4.69) is 21.2 Å². The number of carbonyl (C=O) groups excluding carboxylic acids is 3. The molecule has 0 radical (unpaired) electrons. The zero-order chi connectivity index (χ0) is 20.0. The number of hydrogen-bond donors (Lipinski definition) is 2. The van der Waals surface area contributed by atoms with E-state index < -0.39 is 23.3 Å². The van der Waals surface area contributed by atoms with Crippen molar-refractivity contribution in [2.45, 2.75) is 30.7 Å². The Labute approximate surface area is 174 Å². The summed E-state index contributed by atoms with van der Waals surface area (Å²) < 4.78 is 0. The number of fused-ring (bicyclic) bond motifs is 1. The van der Waals surface area contributed by atoms with E-state index in [1.165, 1.54) is 29.5 Å². The Kier molecular flexibility index (Phi) is 5.26. The molecular formula is C18H20BrN3O5S. The number of likely N-dealkylation sites (tertiary alicyclic amines) is 1. The average molecular weight is 470 g/mol.